The van der Waals surface area contributed by atoms with Crippen LogP contribution in [0, 0.1) is 0 Å². The smallest absolute Gasteiger partial charge is 0.223 e. The lowest BCUT2D eigenvalue weighted by Gasteiger charge is -2.17. The molecule has 2 rings (SSSR count). The second-order valence-corrected chi connectivity index (χ2v) is 5.93. The van der Waals surface area contributed by atoms with Crippen molar-refractivity contribution < 1.29 is 0 Å². The Bertz CT molecular complexity index is 590. The number of anilines is 1. The Balaban J connectivity index is 2.33. The lowest BCUT2D eigenvalue weighted by molar-refractivity contribution is 0.538. The molecule has 0 saturated carbocycles. The minimum absolute atomic E-state index is 0.153. The van der Waals surface area contributed by atoms with Crippen LogP contribution in [0.15, 0.2) is 24.3 Å². The number of nitrogens with zero attached hydrogens (tertiary/aromatic N) is 3. The molecule has 0 unspecified atom stereocenters. The molecule has 4 nitrogen and oxygen atoms in total. The molecule has 0 amide bonds. The van der Waals surface area contributed by atoms with Crippen molar-refractivity contribution in [1.29, 1.82) is 0 Å². The second kappa shape index (κ2) is 5.13. The SMILES string of the molecule is CC(C)(C)c1nc(N)nc(Cc2cccc(Cl)c2)n1. The fourth-order valence-corrected chi connectivity index (χ4v) is 1.89. The predicted octanol–water partition coefficient (Wildman–Crippen LogP) is 3.00. The summed E-state index contributed by atoms with van der Waals surface area (Å²) in [6, 6.07) is 7.64. The molecule has 1 heterocycles. The fourth-order valence-electron chi connectivity index (χ4n) is 1.68. The van der Waals surface area contributed by atoms with E-state index in [9.17, 15) is 0 Å². The second-order valence-electron chi connectivity index (χ2n) is 5.49. The summed E-state index contributed by atoms with van der Waals surface area (Å²) in [6.07, 6.45) is 0.594. The molecule has 1 aromatic heterocycles. The van der Waals surface area contributed by atoms with E-state index in [-0.39, 0.29) is 11.4 Å². The summed E-state index contributed by atoms with van der Waals surface area (Å²) < 4.78 is 0. The number of aromatic nitrogens is 3. The van der Waals surface area contributed by atoms with Crippen molar-refractivity contribution in [3.05, 3.63) is 46.5 Å². The number of hydrogen-bond donors (Lipinski definition) is 1. The van der Waals surface area contributed by atoms with Crippen LogP contribution >= 0.6 is 11.6 Å². The van der Waals surface area contributed by atoms with Gasteiger partial charge in [0, 0.05) is 16.9 Å². The van der Waals surface area contributed by atoms with E-state index in [1.165, 1.54) is 0 Å². The summed E-state index contributed by atoms with van der Waals surface area (Å²) >= 11 is 5.97. The van der Waals surface area contributed by atoms with E-state index >= 15 is 0 Å². The van der Waals surface area contributed by atoms with Crippen LogP contribution in [0.1, 0.15) is 38.0 Å². The minimum atomic E-state index is -0.153. The van der Waals surface area contributed by atoms with Crippen LogP contribution in [0.5, 0.6) is 0 Å². The van der Waals surface area contributed by atoms with E-state index in [2.05, 4.69) is 15.0 Å². The quantitative estimate of drug-likeness (QED) is 0.916. The predicted molar refractivity (Wildman–Crippen MR) is 77.2 cm³/mol. The van der Waals surface area contributed by atoms with Gasteiger partial charge in [0.05, 0.1) is 0 Å². The molecule has 0 aliphatic carbocycles. The largest absolute Gasteiger partial charge is 0.368 e. The van der Waals surface area contributed by atoms with Crippen molar-refractivity contribution in [3.8, 4) is 0 Å². The van der Waals surface area contributed by atoms with Crippen LogP contribution in [0.3, 0.4) is 0 Å². The van der Waals surface area contributed by atoms with E-state index in [0.29, 0.717) is 23.1 Å². The van der Waals surface area contributed by atoms with Gasteiger partial charge in [-0.2, -0.15) is 9.97 Å². The van der Waals surface area contributed by atoms with E-state index in [4.69, 9.17) is 17.3 Å². The Hall–Kier alpha value is -1.68. The van der Waals surface area contributed by atoms with Gasteiger partial charge >= 0.3 is 0 Å². The van der Waals surface area contributed by atoms with Gasteiger partial charge in [-0.3, -0.25) is 0 Å². The molecule has 0 aliphatic heterocycles. The third-order valence-corrected chi connectivity index (χ3v) is 2.86. The summed E-state index contributed by atoms with van der Waals surface area (Å²) in [5.74, 6) is 1.63. The Labute approximate surface area is 118 Å². The summed E-state index contributed by atoms with van der Waals surface area (Å²) in [7, 11) is 0. The Morgan fingerprint density at radius 2 is 1.89 bits per heavy atom. The van der Waals surface area contributed by atoms with Crippen molar-refractivity contribution in [3.63, 3.8) is 0 Å². The summed E-state index contributed by atoms with van der Waals surface area (Å²) in [4.78, 5) is 12.9. The molecule has 0 spiro atoms. The van der Waals surface area contributed by atoms with Gasteiger partial charge in [0.2, 0.25) is 5.95 Å². The molecule has 0 radical (unpaired) electrons. The highest BCUT2D eigenvalue weighted by Gasteiger charge is 2.19. The number of halogens is 1. The fraction of sp³-hybridized carbons (Fsp3) is 0.357. The van der Waals surface area contributed by atoms with Crippen molar-refractivity contribution >= 4 is 17.5 Å². The minimum Gasteiger partial charge on any atom is -0.368 e. The van der Waals surface area contributed by atoms with Gasteiger partial charge in [0.25, 0.3) is 0 Å². The summed E-state index contributed by atoms with van der Waals surface area (Å²) in [6.45, 7) is 6.14. The molecule has 0 fully saturated rings. The Morgan fingerprint density at radius 1 is 1.16 bits per heavy atom. The monoisotopic (exact) mass is 276 g/mol. The maximum Gasteiger partial charge on any atom is 0.223 e. The van der Waals surface area contributed by atoms with Gasteiger partial charge in [0.15, 0.2) is 0 Å². The van der Waals surface area contributed by atoms with Crippen LogP contribution in [-0.2, 0) is 11.8 Å². The van der Waals surface area contributed by atoms with E-state index < -0.39 is 0 Å². The van der Waals surface area contributed by atoms with E-state index in [1.54, 1.807) is 0 Å². The van der Waals surface area contributed by atoms with Gasteiger partial charge in [-0.05, 0) is 17.7 Å². The van der Waals surface area contributed by atoms with Gasteiger partial charge in [-0.15, -0.1) is 0 Å². The highest BCUT2D eigenvalue weighted by atomic mass is 35.5. The molecule has 0 atom stereocenters. The highest BCUT2D eigenvalue weighted by Crippen LogP contribution is 2.19. The third-order valence-electron chi connectivity index (χ3n) is 2.62. The van der Waals surface area contributed by atoms with E-state index in [0.717, 1.165) is 5.56 Å². The van der Waals surface area contributed by atoms with Gasteiger partial charge in [-0.25, -0.2) is 4.98 Å². The first-order chi connectivity index (χ1) is 8.84. The first-order valence-corrected chi connectivity index (χ1v) is 6.48. The maximum absolute atomic E-state index is 5.97. The molecule has 0 bridgehead atoms. The van der Waals surface area contributed by atoms with Crippen molar-refractivity contribution in [2.45, 2.75) is 32.6 Å². The van der Waals surface area contributed by atoms with Crippen molar-refractivity contribution in [2.24, 2.45) is 0 Å². The number of nitrogen functional groups attached to an aromatic ring is 1. The average Bonchev–Trinajstić information content (AvgIpc) is 2.26. The standard InChI is InChI=1S/C14H17ClN4/c1-14(2,3)12-17-11(18-13(16)19-12)8-9-5-4-6-10(15)7-9/h4-7H,8H2,1-3H3,(H2,16,17,18,19). The average molecular weight is 277 g/mol. The van der Waals surface area contributed by atoms with Crippen LogP contribution in [-0.4, -0.2) is 15.0 Å². The molecule has 5 heteroatoms. The molecule has 19 heavy (non-hydrogen) atoms. The van der Waals surface area contributed by atoms with Crippen molar-refractivity contribution in [2.75, 3.05) is 5.73 Å². The summed E-state index contributed by atoms with van der Waals surface area (Å²) in [5.41, 5.74) is 6.65. The molecule has 2 aromatic rings. The van der Waals surface area contributed by atoms with Crippen LogP contribution in [0.25, 0.3) is 0 Å². The molecule has 0 aliphatic rings. The maximum atomic E-state index is 5.97. The number of benzene rings is 1. The van der Waals surface area contributed by atoms with Crippen LogP contribution in [0.4, 0.5) is 5.95 Å². The zero-order valence-electron chi connectivity index (χ0n) is 11.3. The molecule has 1 aromatic carbocycles. The van der Waals surface area contributed by atoms with Gasteiger partial charge in [-0.1, -0.05) is 44.5 Å². The van der Waals surface area contributed by atoms with E-state index in [1.807, 2.05) is 45.0 Å². The van der Waals surface area contributed by atoms with Crippen molar-refractivity contribution in [1.82, 2.24) is 15.0 Å². The van der Waals surface area contributed by atoms with Crippen LogP contribution in [0.2, 0.25) is 5.02 Å². The zero-order chi connectivity index (χ0) is 14.0. The Morgan fingerprint density at radius 3 is 2.53 bits per heavy atom. The first kappa shape index (κ1) is 13.7. The highest BCUT2D eigenvalue weighted by molar-refractivity contribution is 6.30. The van der Waals surface area contributed by atoms with Crippen LogP contribution < -0.4 is 5.73 Å². The number of rotatable bonds is 2. The zero-order valence-corrected chi connectivity index (χ0v) is 12.1. The first-order valence-electron chi connectivity index (χ1n) is 6.10. The lowest BCUT2D eigenvalue weighted by atomic mass is 9.96. The molecular weight excluding hydrogens is 260 g/mol. The summed E-state index contributed by atoms with van der Waals surface area (Å²) in [5, 5.41) is 0.704. The van der Waals surface area contributed by atoms with Gasteiger partial charge < -0.3 is 5.73 Å². The van der Waals surface area contributed by atoms with Gasteiger partial charge in [0.1, 0.15) is 11.6 Å². The molecular formula is C14H17ClN4. The molecule has 100 valence electrons. The molecule has 0 saturated heterocycles. The lowest BCUT2D eigenvalue weighted by Crippen LogP contribution is -2.19. The molecule has 2 N–H and O–H groups in total. The number of hydrogen-bond acceptors (Lipinski definition) is 4. The normalized spacial score (nSPS) is 11.6. The Kier molecular flexibility index (Phi) is 3.71. The third kappa shape index (κ3) is 3.64. The topological polar surface area (TPSA) is 64.7 Å². The number of nitrogens with two attached hydrogens (primary N) is 1.